The highest BCUT2D eigenvalue weighted by atomic mass is 16.2. The predicted octanol–water partition coefficient (Wildman–Crippen LogP) is 2.68. The SMILES string of the molecule is Cc1nnc(N2CCN(C(=O)c3ccccc3)C[C@H]2C)c2cnccc12. The first-order valence-corrected chi connectivity index (χ1v) is 8.83. The number of aryl methyl sites for hydroxylation is 1. The third kappa shape index (κ3) is 2.87. The molecule has 4 rings (SSSR count). The minimum atomic E-state index is 0.0821. The molecule has 1 aromatic carbocycles. The Bertz CT molecular complexity index is 943. The number of benzene rings is 1. The summed E-state index contributed by atoms with van der Waals surface area (Å²) in [6.07, 6.45) is 3.63. The standard InChI is InChI=1S/C20H21N5O/c1-14-13-24(20(26)16-6-4-3-5-7-16)10-11-25(14)19-18-12-21-9-8-17(18)15(2)22-23-19/h3-9,12,14H,10-11,13H2,1-2H3/t14-/m1/s1. The van der Waals surface area contributed by atoms with Crippen LogP contribution in [0.5, 0.6) is 0 Å². The van der Waals surface area contributed by atoms with Gasteiger partial charge in [0.2, 0.25) is 0 Å². The van der Waals surface area contributed by atoms with Gasteiger partial charge in [-0.15, -0.1) is 5.10 Å². The van der Waals surface area contributed by atoms with Crippen LogP contribution in [0.1, 0.15) is 23.0 Å². The molecule has 6 nitrogen and oxygen atoms in total. The van der Waals surface area contributed by atoms with Crippen LogP contribution in [0.2, 0.25) is 0 Å². The van der Waals surface area contributed by atoms with Crippen LogP contribution in [-0.2, 0) is 0 Å². The Hall–Kier alpha value is -3.02. The lowest BCUT2D eigenvalue weighted by atomic mass is 10.1. The Labute approximate surface area is 152 Å². The fourth-order valence-electron chi connectivity index (χ4n) is 3.55. The van der Waals surface area contributed by atoms with Crippen LogP contribution in [0.25, 0.3) is 10.8 Å². The zero-order chi connectivity index (χ0) is 18.1. The number of fused-ring (bicyclic) bond motifs is 1. The predicted molar refractivity (Wildman–Crippen MR) is 101 cm³/mol. The van der Waals surface area contributed by atoms with E-state index in [2.05, 4.69) is 27.0 Å². The second kappa shape index (κ2) is 6.71. The lowest BCUT2D eigenvalue weighted by Gasteiger charge is -2.40. The van der Waals surface area contributed by atoms with E-state index in [1.54, 1.807) is 6.20 Å². The molecular formula is C20H21N5O. The Kier molecular flexibility index (Phi) is 4.24. The molecule has 3 heterocycles. The quantitative estimate of drug-likeness (QED) is 0.713. The van der Waals surface area contributed by atoms with Crippen molar-refractivity contribution in [3.05, 3.63) is 60.0 Å². The number of rotatable bonds is 2. The van der Waals surface area contributed by atoms with E-state index in [1.165, 1.54) is 0 Å². The van der Waals surface area contributed by atoms with Gasteiger partial charge in [0.05, 0.1) is 5.69 Å². The first-order valence-electron chi connectivity index (χ1n) is 8.83. The van der Waals surface area contributed by atoms with Gasteiger partial charge < -0.3 is 9.80 Å². The molecule has 1 aliphatic heterocycles. The highest BCUT2D eigenvalue weighted by molar-refractivity contribution is 5.95. The van der Waals surface area contributed by atoms with Gasteiger partial charge in [-0.05, 0) is 32.0 Å². The summed E-state index contributed by atoms with van der Waals surface area (Å²) in [6.45, 7) is 6.12. The summed E-state index contributed by atoms with van der Waals surface area (Å²) in [7, 11) is 0. The minimum Gasteiger partial charge on any atom is -0.348 e. The molecule has 2 aromatic heterocycles. The lowest BCUT2D eigenvalue weighted by Crippen LogP contribution is -2.54. The number of nitrogens with zero attached hydrogens (tertiary/aromatic N) is 5. The Morgan fingerprint density at radius 2 is 1.88 bits per heavy atom. The van der Waals surface area contributed by atoms with Crippen LogP contribution in [0.4, 0.5) is 5.82 Å². The number of anilines is 1. The summed E-state index contributed by atoms with van der Waals surface area (Å²) >= 11 is 0. The normalized spacial score (nSPS) is 17.5. The molecule has 0 bridgehead atoms. The van der Waals surface area contributed by atoms with Gasteiger partial charge in [-0.3, -0.25) is 9.78 Å². The largest absolute Gasteiger partial charge is 0.348 e. The molecule has 0 radical (unpaired) electrons. The first kappa shape index (κ1) is 16.4. The maximum atomic E-state index is 12.7. The molecule has 1 saturated heterocycles. The van der Waals surface area contributed by atoms with E-state index < -0.39 is 0 Å². The molecule has 1 fully saturated rings. The van der Waals surface area contributed by atoms with E-state index in [0.29, 0.717) is 13.1 Å². The molecule has 0 saturated carbocycles. The number of hydrogen-bond acceptors (Lipinski definition) is 5. The highest BCUT2D eigenvalue weighted by Gasteiger charge is 2.29. The molecule has 3 aromatic rings. The van der Waals surface area contributed by atoms with Crippen LogP contribution < -0.4 is 4.90 Å². The van der Waals surface area contributed by atoms with Gasteiger partial charge in [-0.1, -0.05) is 18.2 Å². The van der Waals surface area contributed by atoms with E-state index in [-0.39, 0.29) is 11.9 Å². The molecule has 6 heteroatoms. The fourth-order valence-corrected chi connectivity index (χ4v) is 3.55. The van der Waals surface area contributed by atoms with Crippen molar-refractivity contribution in [1.82, 2.24) is 20.1 Å². The average molecular weight is 347 g/mol. The molecular weight excluding hydrogens is 326 g/mol. The molecule has 1 aliphatic rings. The molecule has 0 spiro atoms. The van der Waals surface area contributed by atoms with Crippen molar-refractivity contribution >= 4 is 22.5 Å². The van der Waals surface area contributed by atoms with E-state index in [0.717, 1.165) is 34.4 Å². The maximum absolute atomic E-state index is 12.7. The zero-order valence-electron chi connectivity index (χ0n) is 15.0. The average Bonchev–Trinajstić information content (AvgIpc) is 2.69. The zero-order valence-corrected chi connectivity index (χ0v) is 15.0. The van der Waals surface area contributed by atoms with Crippen molar-refractivity contribution in [2.24, 2.45) is 0 Å². The van der Waals surface area contributed by atoms with Gasteiger partial charge in [0.15, 0.2) is 5.82 Å². The van der Waals surface area contributed by atoms with Crippen molar-refractivity contribution in [3.8, 4) is 0 Å². The number of amides is 1. The Balaban J connectivity index is 1.59. The van der Waals surface area contributed by atoms with E-state index in [9.17, 15) is 4.79 Å². The molecule has 132 valence electrons. The highest BCUT2D eigenvalue weighted by Crippen LogP contribution is 2.27. The topological polar surface area (TPSA) is 62.2 Å². The van der Waals surface area contributed by atoms with Crippen molar-refractivity contribution < 1.29 is 4.79 Å². The van der Waals surface area contributed by atoms with Gasteiger partial charge in [-0.2, -0.15) is 5.10 Å². The number of carbonyl (C=O) groups is 1. The third-order valence-electron chi connectivity index (χ3n) is 4.95. The molecule has 0 N–H and O–H groups in total. The monoisotopic (exact) mass is 347 g/mol. The van der Waals surface area contributed by atoms with Gasteiger partial charge in [0, 0.05) is 54.4 Å². The van der Waals surface area contributed by atoms with Crippen LogP contribution in [0.3, 0.4) is 0 Å². The summed E-state index contributed by atoms with van der Waals surface area (Å²) in [5, 5.41) is 10.8. The first-order chi connectivity index (χ1) is 12.6. The van der Waals surface area contributed by atoms with Gasteiger partial charge >= 0.3 is 0 Å². The van der Waals surface area contributed by atoms with Gasteiger partial charge in [0.1, 0.15) is 0 Å². The second-order valence-corrected chi connectivity index (χ2v) is 6.69. The summed E-state index contributed by atoms with van der Waals surface area (Å²) in [4.78, 5) is 21.1. The lowest BCUT2D eigenvalue weighted by molar-refractivity contribution is 0.0726. The smallest absolute Gasteiger partial charge is 0.253 e. The van der Waals surface area contributed by atoms with Crippen molar-refractivity contribution in [2.45, 2.75) is 19.9 Å². The third-order valence-corrected chi connectivity index (χ3v) is 4.95. The minimum absolute atomic E-state index is 0.0821. The number of pyridine rings is 1. The van der Waals surface area contributed by atoms with Crippen molar-refractivity contribution in [2.75, 3.05) is 24.5 Å². The molecule has 0 aliphatic carbocycles. The molecule has 26 heavy (non-hydrogen) atoms. The van der Waals surface area contributed by atoms with Crippen LogP contribution >= 0.6 is 0 Å². The van der Waals surface area contributed by atoms with E-state index >= 15 is 0 Å². The van der Waals surface area contributed by atoms with E-state index in [4.69, 9.17) is 0 Å². The van der Waals surface area contributed by atoms with E-state index in [1.807, 2.05) is 54.4 Å². The number of aromatic nitrogens is 3. The molecule has 1 amide bonds. The maximum Gasteiger partial charge on any atom is 0.253 e. The fraction of sp³-hybridized carbons (Fsp3) is 0.300. The van der Waals surface area contributed by atoms with Gasteiger partial charge in [0.25, 0.3) is 5.91 Å². The number of carbonyl (C=O) groups excluding carboxylic acids is 1. The van der Waals surface area contributed by atoms with Crippen LogP contribution in [-0.4, -0.2) is 51.7 Å². The van der Waals surface area contributed by atoms with Crippen molar-refractivity contribution in [3.63, 3.8) is 0 Å². The summed E-state index contributed by atoms with van der Waals surface area (Å²) in [5.41, 5.74) is 1.63. The number of piperazine rings is 1. The summed E-state index contributed by atoms with van der Waals surface area (Å²) < 4.78 is 0. The van der Waals surface area contributed by atoms with Crippen molar-refractivity contribution in [1.29, 1.82) is 0 Å². The van der Waals surface area contributed by atoms with Crippen LogP contribution in [0.15, 0.2) is 48.8 Å². The van der Waals surface area contributed by atoms with Crippen LogP contribution in [0, 0.1) is 6.92 Å². The molecule has 1 atom stereocenters. The summed E-state index contributed by atoms with van der Waals surface area (Å²) in [6, 6.07) is 11.6. The van der Waals surface area contributed by atoms with Gasteiger partial charge in [-0.25, -0.2) is 0 Å². The Morgan fingerprint density at radius 1 is 1.08 bits per heavy atom. The Morgan fingerprint density at radius 3 is 2.65 bits per heavy atom. The second-order valence-electron chi connectivity index (χ2n) is 6.69. The number of hydrogen-bond donors (Lipinski definition) is 0. The molecule has 0 unspecified atom stereocenters. The summed E-state index contributed by atoms with van der Waals surface area (Å²) in [5.74, 6) is 0.927.